The quantitative estimate of drug-likeness (QED) is 0.378. The Morgan fingerprint density at radius 3 is 2.53 bits per heavy atom. The zero-order valence-electron chi connectivity index (χ0n) is 19.0. The molecule has 2 amide bonds. The van der Waals surface area contributed by atoms with Gasteiger partial charge in [-0.3, -0.25) is 4.79 Å². The predicted molar refractivity (Wildman–Crippen MR) is 116 cm³/mol. The fourth-order valence-electron chi connectivity index (χ4n) is 3.15. The Bertz CT molecular complexity index is 1250. The molecule has 0 fully saturated rings. The monoisotopic (exact) mass is 511 g/mol. The summed E-state index contributed by atoms with van der Waals surface area (Å²) in [6.45, 7) is -0.257. The van der Waals surface area contributed by atoms with Crippen molar-refractivity contribution in [1.29, 1.82) is 0 Å². The van der Waals surface area contributed by atoms with E-state index in [1.807, 2.05) is 0 Å². The molecular formula is C23H21F4N3O6. The third-order valence-corrected chi connectivity index (χ3v) is 4.69. The highest BCUT2D eigenvalue weighted by atomic mass is 19.3. The molecule has 1 atom stereocenters. The van der Waals surface area contributed by atoms with Gasteiger partial charge in [0.25, 0.3) is 5.91 Å². The maximum Gasteiger partial charge on any atom is 0.405 e. The number of nitrogens with two attached hydrogens (primary N) is 1. The number of carbonyl (C=O) groups excluding carboxylic acids is 2. The largest absolute Gasteiger partial charge is 0.490 e. The van der Waals surface area contributed by atoms with Gasteiger partial charge in [0.1, 0.15) is 11.6 Å². The van der Waals surface area contributed by atoms with Crippen LogP contribution >= 0.6 is 0 Å². The van der Waals surface area contributed by atoms with Gasteiger partial charge in [0.05, 0.1) is 6.61 Å². The fourth-order valence-corrected chi connectivity index (χ4v) is 3.15. The molecule has 1 aromatic heterocycles. The van der Waals surface area contributed by atoms with Crippen molar-refractivity contribution in [3.05, 3.63) is 65.1 Å². The van der Waals surface area contributed by atoms with Crippen molar-refractivity contribution < 1.29 is 45.8 Å². The Morgan fingerprint density at radius 2 is 1.89 bits per heavy atom. The molecule has 3 rings (SSSR count). The van der Waals surface area contributed by atoms with E-state index < -0.39 is 36.4 Å². The molecule has 0 saturated heterocycles. The standard InChI is InChI=1S/C23H21F4N3O6/c1-3-33-17-8-12(5-7-16(17)35-22(26)27)21-30-18(19(36-21)11(2)34-23(28)32)20(31)29-10-13-4-6-14(24)9-15(13)25/h4-9,11,22H,3,10H2,1-2H3,(H2,28,32)(H,29,31)/t11-/m0/s1. The van der Waals surface area contributed by atoms with E-state index in [1.165, 1.54) is 25.1 Å². The number of primary amides is 1. The van der Waals surface area contributed by atoms with Crippen molar-refractivity contribution in [2.75, 3.05) is 6.61 Å². The van der Waals surface area contributed by atoms with Crippen LogP contribution in [0.5, 0.6) is 11.5 Å². The minimum atomic E-state index is -3.09. The maximum absolute atomic E-state index is 13.9. The third-order valence-electron chi connectivity index (χ3n) is 4.69. The number of amides is 2. The normalized spacial score (nSPS) is 11.8. The Hall–Kier alpha value is -4.29. The molecule has 36 heavy (non-hydrogen) atoms. The number of hydrogen-bond donors (Lipinski definition) is 2. The minimum absolute atomic E-state index is 0.00688. The lowest BCUT2D eigenvalue weighted by molar-refractivity contribution is -0.0514. The number of oxazole rings is 1. The Kier molecular flexibility index (Phi) is 8.35. The van der Waals surface area contributed by atoms with E-state index in [4.69, 9.17) is 19.6 Å². The van der Waals surface area contributed by atoms with Crippen molar-refractivity contribution in [3.8, 4) is 23.0 Å². The highest BCUT2D eigenvalue weighted by molar-refractivity contribution is 5.94. The number of alkyl halides is 2. The summed E-state index contributed by atoms with van der Waals surface area (Å²) in [7, 11) is 0. The van der Waals surface area contributed by atoms with E-state index >= 15 is 0 Å². The number of rotatable bonds is 10. The average molecular weight is 511 g/mol. The zero-order valence-corrected chi connectivity index (χ0v) is 19.0. The first kappa shape index (κ1) is 26.3. The second kappa shape index (κ2) is 11.4. The molecule has 192 valence electrons. The van der Waals surface area contributed by atoms with Gasteiger partial charge in [0, 0.05) is 23.7 Å². The van der Waals surface area contributed by atoms with Crippen molar-refractivity contribution in [2.45, 2.75) is 33.1 Å². The first-order chi connectivity index (χ1) is 17.1. The minimum Gasteiger partial charge on any atom is -0.490 e. The molecule has 3 N–H and O–H groups in total. The smallest absolute Gasteiger partial charge is 0.405 e. The number of nitrogens with one attached hydrogen (secondary N) is 1. The van der Waals surface area contributed by atoms with Gasteiger partial charge in [-0.2, -0.15) is 8.78 Å². The van der Waals surface area contributed by atoms with Crippen molar-refractivity contribution in [2.24, 2.45) is 5.73 Å². The summed E-state index contributed by atoms with van der Waals surface area (Å²) in [6, 6.07) is 6.72. The number of carbonyl (C=O) groups is 2. The van der Waals surface area contributed by atoms with Gasteiger partial charge < -0.3 is 29.7 Å². The number of aromatic nitrogens is 1. The molecular weight excluding hydrogens is 490 g/mol. The number of hydrogen-bond acceptors (Lipinski definition) is 7. The average Bonchev–Trinajstić information content (AvgIpc) is 3.25. The molecule has 0 aliphatic carbocycles. The number of benzene rings is 2. The van der Waals surface area contributed by atoms with E-state index in [9.17, 15) is 27.2 Å². The fraction of sp³-hybridized carbons (Fsp3) is 0.261. The van der Waals surface area contributed by atoms with Crippen molar-refractivity contribution in [1.82, 2.24) is 10.3 Å². The zero-order chi connectivity index (χ0) is 26.4. The van der Waals surface area contributed by atoms with Crippen LogP contribution in [0.4, 0.5) is 22.4 Å². The van der Waals surface area contributed by atoms with E-state index in [0.29, 0.717) is 6.07 Å². The number of ether oxygens (including phenoxy) is 3. The molecule has 0 aliphatic rings. The van der Waals surface area contributed by atoms with Crippen LogP contribution in [-0.2, 0) is 11.3 Å². The summed E-state index contributed by atoms with van der Waals surface area (Å²) in [4.78, 5) is 28.2. The van der Waals surface area contributed by atoms with Gasteiger partial charge in [-0.25, -0.2) is 18.6 Å². The second-order valence-electron chi connectivity index (χ2n) is 7.20. The van der Waals surface area contributed by atoms with Crippen LogP contribution < -0.4 is 20.5 Å². The van der Waals surface area contributed by atoms with Crippen LogP contribution in [0, 0.1) is 11.6 Å². The summed E-state index contributed by atoms with van der Waals surface area (Å²) >= 11 is 0. The first-order valence-electron chi connectivity index (χ1n) is 10.5. The SMILES string of the molecule is CCOc1cc(-c2nc(C(=O)NCc3ccc(F)cc3F)c([C@H](C)OC(N)=O)o2)ccc1OC(F)F. The van der Waals surface area contributed by atoms with E-state index in [0.717, 1.165) is 12.1 Å². The van der Waals surface area contributed by atoms with Gasteiger partial charge in [-0.05, 0) is 38.1 Å². The summed E-state index contributed by atoms with van der Waals surface area (Å²) in [6.07, 6.45) is -2.30. The van der Waals surface area contributed by atoms with E-state index in [2.05, 4.69) is 15.0 Å². The molecule has 1 heterocycles. The van der Waals surface area contributed by atoms with Gasteiger partial charge in [0.15, 0.2) is 29.1 Å². The summed E-state index contributed by atoms with van der Waals surface area (Å²) in [5.74, 6) is -3.07. The van der Waals surface area contributed by atoms with E-state index in [1.54, 1.807) is 6.92 Å². The van der Waals surface area contributed by atoms with Gasteiger partial charge >= 0.3 is 12.7 Å². The van der Waals surface area contributed by atoms with Crippen LogP contribution in [0.2, 0.25) is 0 Å². The first-order valence-corrected chi connectivity index (χ1v) is 10.5. The van der Waals surface area contributed by atoms with Gasteiger partial charge in [-0.1, -0.05) is 6.07 Å². The summed E-state index contributed by atoms with van der Waals surface area (Å²) in [5.41, 5.74) is 4.97. The maximum atomic E-state index is 13.9. The molecule has 9 nitrogen and oxygen atoms in total. The van der Waals surface area contributed by atoms with Crippen LogP contribution in [0.3, 0.4) is 0 Å². The molecule has 2 aromatic carbocycles. The number of halogens is 4. The third kappa shape index (κ3) is 6.43. The van der Waals surface area contributed by atoms with Crippen LogP contribution in [-0.4, -0.2) is 30.2 Å². The topological polar surface area (TPSA) is 126 Å². The second-order valence-corrected chi connectivity index (χ2v) is 7.20. The molecule has 0 aliphatic heterocycles. The predicted octanol–water partition coefficient (Wildman–Crippen LogP) is 4.71. The molecule has 0 unspecified atom stereocenters. The van der Waals surface area contributed by atoms with Crippen LogP contribution in [0.25, 0.3) is 11.5 Å². The molecule has 0 saturated carbocycles. The van der Waals surface area contributed by atoms with Gasteiger partial charge in [0.2, 0.25) is 5.89 Å². The molecule has 0 radical (unpaired) electrons. The summed E-state index contributed by atoms with van der Waals surface area (Å²) < 4.78 is 72.8. The Morgan fingerprint density at radius 1 is 1.14 bits per heavy atom. The molecule has 0 bridgehead atoms. The molecule has 0 spiro atoms. The highest BCUT2D eigenvalue weighted by Crippen LogP contribution is 2.35. The molecule has 3 aromatic rings. The van der Waals surface area contributed by atoms with Crippen LogP contribution in [0.15, 0.2) is 40.8 Å². The Balaban J connectivity index is 1.95. The highest BCUT2D eigenvalue weighted by Gasteiger charge is 2.27. The number of nitrogens with zero attached hydrogens (tertiary/aromatic N) is 1. The lowest BCUT2D eigenvalue weighted by Gasteiger charge is -2.12. The van der Waals surface area contributed by atoms with E-state index in [-0.39, 0.29) is 53.1 Å². The molecule has 13 heteroatoms. The van der Waals surface area contributed by atoms with Gasteiger partial charge in [-0.15, -0.1) is 0 Å². The summed E-state index contributed by atoms with van der Waals surface area (Å²) in [5, 5.41) is 2.43. The van der Waals surface area contributed by atoms with Crippen molar-refractivity contribution >= 4 is 12.0 Å². The van der Waals surface area contributed by atoms with Crippen LogP contribution in [0.1, 0.15) is 41.8 Å². The lowest BCUT2D eigenvalue weighted by atomic mass is 10.2. The lowest BCUT2D eigenvalue weighted by Crippen LogP contribution is -2.26. The Labute approximate surface area is 202 Å². The van der Waals surface area contributed by atoms with Crippen molar-refractivity contribution in [3.63, 3.8) is 0 Å².